The van der Waals surface area contributed by atoms with Crippen molar-refractivity contribution in [3.63, 3.8) is 0 Å². The van der Waals surface area contributed by atoms with E-state index in [0.717, 1.165) is 16.7 Å². The molecule has 28 heavy (non-hydrogen) atoms. The molecule has 0 fully saturated rings. The lowest BCUT2D eigenvalue weighted by Crippen LogP contribution is -2.24. The maximum atomic E-state index is 12.5. The van der Waals surface area contributed by atoms with E-state index in [1.54, 1.807) is 19.2 Å². The lowest BCUT2D eigenvalue weighted by molar-refractivity contribution is 0.0946. The molecule has 6 nitrogen and oxygen atoms in total. The predicted molar refractivity (Wildman–Crippen MR) is 110 cm³/mol. The van der Waals surface area contributed by atoms with Crippen LogP contribution in [0.2, 0.25) is 5.02 Å². The third-order valence-electron chi connectivity index (χ3n) is 4.18. The van der Waals surface area contributed by atoms with Crippen molar-refractivity contribution in [3.8, 4) is 5.75 Å². The van der Waals surface area contributed by atoms with E-state index in [1.165, 1.54) is 6.33 Å². The number of nitrogens with zero attached hydrogens (tertiary/aromatic N) is 2. The molecule has 2 aromatic carbocycles. The van der Waals surface area contributed by atoms with Crippen LogP contribution in [0.1, 0.15) is 27.2 Å². The molecule has 1 aromatic heterocycles. The van der Waals surface area contributed by atoms with Crippen LogP contribution in [0.5, 0.6) is 5.75 Å². The highest BCUT2D eigenvalue weighted by atomic mass is 35.5. The van der Waals surface area contributed by atoms with Gasteiger partial charge in [0.1, 0.15) is 23.6 Å². The Balaban J connectivity index is 1.73. The average Bonchev–Trinajstić information content (AvgIpc) is 2.69. The number of aryl methyl sites for hydroxylation is 2. The Morgan fingerprint density at radius 1 is 1.14 bits per heavy atom. The number of benzene rings is 2. The number of ether oxygens (including phenoxy) is 1. The Kier molecular flexibility index (Phi) is 6.11. The zero-order valence-corrected chi connectivity index (χ0v) is 16.7. The summed E-state index contributed by atoms with van der Waals surface area (Å²) in [4.78, 5) is 20.7. The second kappa shape index (κ2) is 8.71. The number of nitrogens with one attached hydrogen (secondary N) is 2. The van der Waals surface area contributed by atoms with E-state index in [9.17, 15) is 4.79 Å². The standard InChI is InChI=1S/C21H21ClN4O2/c1-13-5-4-6-15(7-13)11-23-21(27)18-10-20(25-12-24-18)26-17-8-14(2)16(22)9-19(17)28-3/h4-10,12H,11H2,1-3H3,(H,23,27)(H,24,25,26). The number of aromatic nitrogens is 2. The minimum atomic E-state index is -0.272. The van der Waals surface area contributed by atoms with Gasteiger partial charge in [-0.25, -0.2) is 9.97 Å². The van der Waals surface area contributed by atoms with Gasteiger partial charge in [-0.15, -0.1) is 0 Å². The first-order valence-electron chi connectivity index (χ1n) is 8.73. The monoisotopic (exact) mass is 396 g/mol. The molecule has 2 N–H and O–H groups in total. The van der Waals surface area contributed by atoms with Gasteiger partial charge in [0.25, 0.3) is 5.91 Å². The molecular formula is C21H21ClN4O2. The van der Waals surface area contributed by atoms with Crippen LogP contribution in [0.3, 0.4) is 0 Å². The number of carbonyl (C=O) groups is 1. The molecule has 3 rings (SSSR count). The fourth-order valence-electron chi connectivity index (χ4n) is 2.71. The van der Waals surface area contributed by atoms with Crippen LogP contribution in [0, 0.1) is 13.8 Å². The third-order valence-corrected chi connectivity index (χ3v) is 4.59. The van der Waals surface area contributed by atoms with Gasteiger partial charge in [0.2, 0.25) is 0 Å². The summed E-state index contributed by atoms with van der Waals surface area (Å²) in [6.45, 7) is 4.34. The topological polar surface area (TPSA) is 76.1 Å². The van der Waals surface area contributed by atoms with Crippen molar-refractivity contribution in [1.82, 2.24) is 15.3 Å². The molecule has 0 bridgehead atoms. The Labute approximate surface area is 168 Å². The first-order valence-corrected chi connectivity index (χ1v) is 9.11. The van der Waals surface area contributed by atoms with Gasteiger partial charge >= 0.3 is 0 Å². The van der Waals surface area contributed by atoms with E-state index in [4.69, 9.17) is 16.3 Å². The van der Waals surface area contributed by atoms with E-state index in [-0.39, 0.29) is 11.6 Å². The second-order valence-electron chi connectivity index (χ2n) is 6.39. The maximum Gasteiger partial charge on any atom is 0.270 e. The van der Waals surface area contributed by atoms with Crippen LogP contribution in [0.25, 0.3) is 0 Å². The molecule has 0 spiro atoms. The van der Waals surface area contributed by atoms with Gasteiger partial charge in [0.05, 0.1) is 12.8 Å². The van der Waals surface area contributed by atoms with Crippen molar-refractivity contribution in [1.29, 1.82) is 0 Å². The Bertz CT molecular complexity index is 1010. The van der Waals surface area contributed by atoms with Gasteiger partial charge in [-0.1, -0.05) is 41.4 Å². The van der Waals surface area contributed by atoms with Gasteiger partial charge in [-0.05, 0) is 31.0 Å². The first-order chi connectivity index (χ1) is 13.5. The van der Waals surface area contributed by atoms with Gasteiger partial charge in [-0.3, -0.25) is 4.79 Å². The average molecular weight is 397 g/mol. The second-order valence-corrected chi connectivity index (χ2v) is 6.79. The normalized spacial score (nSPS) is 10.4. The Morgan fingerprint density at radius 3 is 2.71 bits per heavy atom. The number of anilines is 2. The number of methoxy groups -OCH3 is 1. The number of amides is 1. The van der Waals surface area contributed by atoms with Crippen molar-refractivity contribution in [3.05, 3.63) is 76.2 Å². The highest BCUT2D eigenvalue weighted by Gasteiger charge is 2.11. The summed E-state index contributed by atoms with van der Waals surface area (Å²) in [5.41, 5.74) is 4.05. The van der Waals surface area contributed by atoms with E-state index >= 15 is 0 Å². The zero-order valence-electron chi connectivity index (χ0n) is 15.9. The number of rotatable bonds is 6. The molecule has 0 unspecified atom stereocenters. The fourth-order valence-corrected chi connectivity index (χ4v) is 2.87. The molecule has 1 heterocycles. The van der Waals surface area contributed by atoms with E-state index < -0.39 is 0 Å². The smallest absolute Gasteiger partial charge is 0.270 e. The van der Waals surface area contributed by atoms with E-state index in [0.29, 0.717) is 28.8 Å². The fraction of sp³-hybridized carbons (Fsp3) is 0.190. The maximum absolute atomic E-state index is 12.5. The minimum absolute atomic E-state index is 0.272. The zero-order chi connectivity index (χ0) is 20.1. The molecule has 0 aliphatic carbocycles. The van der Waals surface area contributed by atoms with Crippen molar-refractivity contribution in [2.75, 3.05) is 12.4 Å². The highest BCUT2D eigenvalue weighted by molar-refractivity contribution is 6.31. The molecule has 0 aliphatic heterocycles. The highest BCUT2D eigenvalue weighted by Crippen LogP contribution is 2.32. The van der Waals surface area contributed by atoms with Gasteiger partial charge in [0, 0.05) is 23.7 Å². The molecule has 144 valence electrons. The van der Waals surface area contributed by atoms with Crippen molar-refractivity contribution < 1.29 is 9.53 Å². The Morgan fingerprint density at radius 2 is 1.96 bits per heavy atom. The number of hydrogen-bond acceptors (Lipinski definition) is 5. The van der Waals surface area contributed by atoms with Gasteiger partial charge < -0.3 is 15.4 Å². The summed E-state index contributed by atoms with van der Waals surface area (Å²) >= 11 is 6.14. The predicted octanol–water partition coefficient (Wildman–Crippen LogP) is 4.43. The summed E-state index contributed by atoms with van der Waals surface area (Å²) < 4.78 is 5.36. The van der Waals surface area contributed by atoms with Crippen molar-refractivity contribution in [2.24, 2.45) is 0 Å². The minimum Gasteiger partial charge on any atom is -0.495 e. The summed E-state index contributed by atoms with van der Waals surface area (Å²) in [5.74, 6) is 0.793. The molecular weight excluding hydrogens is 376 g/mol. The summed E-state index contributed by atoms with van der Waals surface area (Å²) in [6.07, 6.45) is 1.35. The molecule has 7 heteroatoms. The SMILES string of the molecule is COc1cc(Cl)c(C)cc1Nc1cc(C(=O)NCc2cccc(C)c2)ncn1. The molecule has 0 saturated carbocycles. The molecule has 3 aromatic rings. The third kappa shape index (κ3) is 4.78. The number of hydrogen-bond donors (Lipinski definition) is 2. The van der Waals surface area contributed by atoms with Crippen LogP contribution in [-0.4, -0.2) is 23.0 Å². The number of carbonyl (C=O) groups excluding carboxylic acids is 1. The lowest BCUT2D eigenvalue weighted by Gasteiger charge is -2.13. The van der Waals surface area contributed by atoms with E-state index in [1.807, 2.05) is 44.2 Å². The van der Waals surface area contributed by atoms with Gasteiger partial charge in [-0.2, -0.15) is 0 Å². The van der Waals surface area contributed by atoms with Gasteiger partial charge in [0.15, 0.2) is 0 Å². The summed E-state index contributed by atoms with van der Waals surface area (Å²) in [7, 11) is 1.57. The van der Waals surface area contributed by atoms with Crippen molar-refractivity contribution >= 4 is 29.0 Å². The summed E-state index contributed by atoms with van der Waals surface area (Å²) in [5, 5.41) is 6.64. The van der Waals surface area contributed by atoms with Crippen LogP contribution >= 0.6 is 11.6 Å². The molecule has 0 radical (unpaired) electrons. The quantitative estimate of drug-likeness (QED) is 0.644. The van der Waals surface area contributed by atoms with E-state index in [2.05, 4.69) is 20.6 Å². The van der Waals surface area contributed by atoms with Crippen molar-refractivity contribution in [2.45, 2.75) is 20.4 Å². The number of halogens is 1. The van der Waals surface area contributed by atoms with Crippen LogP contribution < -0.4 is 15.4 Å². The lowest BCUT2D eigenvalue weighted by atomic mass is 10.1. The van der Waals surface area contributed by atoms with Crippen LogP contribution in [0.15, 0.2) is 48.8 Å². The Hall–Kier alpha value is -3.12. The van der Waals surface area contributed by atoms with Crippen LogP contribution in [-0.2, 0) is 6.54 Å². The molecule has 0 saturated heterocycles. The first kappa shape index (κ1) is 19.6. The largest absolute Gasteiger partial charge is 0.495 e. The van der Waals surface area contributed by atoms with Crippen LogP contribution in [0.4, 0.5) is 11.5 Å². The summed E-state index contributed by atoms with van der Waals surface area (Å²) in [6, 6.07) is 13.2. The molecule has 0 aliphatic rings. The molecule has 1 amide bonds. The molecule has 0 atom stereocenters.